The van der Waals surface area contributed by atoms with E-state index >= 15 is 0 Å². The highest BCUT2D eigenvalue weighted by molar-refractivity contribution is 7.90. The Morgan fingerprint density at radius 3 is 2.62 bits per heavy atom. The highest BCUT2D eigenvalue weighted by atomic mass is 32.2. The van der Waals surface area contributed by atoms with Crippen molar-refractivity contribution in [1.29, 1.82) is 0 Å². The third-order valence-electron chi connectivity index (χ3n) is 3.74. The highest BCUT2D eigenvalue weighted by Crippen LogP contribution is 2.34. The summed E-state index contributed by atoms with van der Waals surface area (Å²) in [6.45, 7) is 8.08. The van der Waals surface area contributed by atoms with Gasteiger partial charge in [-0.15, -0.1) is 16.1 Å². The van der Waals surface area contributed by atoms with Crippen LogP contribution in [0.2, 0.25) is 0 Å². The summed E-state index contributed by atoms with van der Waals surface area (Å²) in [7, 11) is 1.54. The van der Waals surface area contributed by atoms with Crippen molar-refractivity contribution in [3.8, 4) is 10.4 Å². The smallest absolute Gasteiger partial charge is 0.407 e. The molecule has 0 aliphatic heterocycles. The minimum atomic E-state index is -1.12. The SMILES string of the molecule is CNC(=O)OCc1ccccc1-c1ccc(C(C)N[S@+]([O-])C(C)(C)C)s1. The van der Waals surface area contributed by atoms with Gasteiger partial charge in [0.25, 0.3) is 0 Å². The van der Waals surface area contributed by atoms with Crippen molar-refractivity contribution in [2.75, 3.05) is 7.05 Å². The van der Waals surface area contributed by atoms with E-state index in [-0.39, 0.29) is 17.4 Å². The Balaban J connectivity index is 2.15. The summed E-state index contributed by atoms with van der Waals surface area (Å²) >= 11 is 0.523. The van der Waals surface area contributed by atoms with Crippen LogP contribution >= 0.6 is 11.3 Å². The van der Waals surface area contributed by atoms with Crippen LogP contribution in [0.15, 0.2) is 36.4 Å². The minimum absolute atomic E-state index is 0.0110. The normalized spacial score (nSPS) is 13.9. The first kappa shape index (κ1) is 20.8. The zero-order chi connectivity index (χ0) is 19.3. The molecule has 0 radical (unpaired) electrons. The molecule has 142 valence electrons. The molecular formula is C19H26N2O3S2. The molecule has 2 rings (SSSR count). The molecule has 0 saturated carbocycles. The standard InChI is InChI=1S/C19H26N2O3S2/c1-13(21-26(23)19(2,3)4)16-10-11-17(25-16)15-9-7-6-8-14(15)12-24-18(22)20-5/h6-11,13,21H,12H2,1-5H3,(H,20,22)/t13?,26-/m1/s1. The molecule has 1 aromatic carbocycles. The molecular weight excluding hydrogens is 368 g/mol. The van der Waals surface area contributed by atoms with E-state index in [1.54, 1.807) is 11.3 Å². The first-order valence-corrected chi connectivity index (χ1v) is 10.4. The molecule has 1 heterocycles. The second-order valence-electron chi connectivity index (χ2n) is 6.91. The molecule has 2 atom stereocenters. The molecule has 0 aliphatic rings. The van der Waals surface area contributed by atoms with E-state index in [1.165, 1.54) is 7.05 Å². The Bertz CT molecular complexity index is 740. The molecule has 0 saturated heterocycles. The number of benzene rings is 1. The second kappa shape index (κ2) is 8.90. The number of rotatable bonds is 6. The van der Waals surface area contributed by atoms with Crippen molar-refractivity contribution < 1.29 is 14.1 Å². The highest BCUT2D eigenvalue weighted by Gasteiger charge is 2.28. The van der Waals surface area contributed by atoms with E-state index in [4.69, 9.17) is 4.74 Å². The number of hydrogen-bond acceptors (Lipinski definition) is 5. The molecule has 7 heteroatoms. The molecule has 2 N–H and O–H groups in total. The number of carbonyl (C=O) groups is 1. The number of carbonyl (C=O) groups excluding carboxylic acids is 1. The van der Waals surface area contributed by atoms with Crippen molar-refractivity contribution in [2.45, 2.75) is 45.1 Å². The van der Waals surface area contributed by atoms with Gasteiger partial charge in [-0.1, -0.05) is 24.3 Å². The topological polar surface area (TPSA) is 73.4 Å². The third-order valence-corrected chi connectivity index (χ3v) is 6.72. The van der Waals surface area contributed by atoms with Gasteiger partial charge < -0.3 is 14.6 Å². The van der Waals surface area contributed by atoms with Gasteiger partial charge in [0.2, 0.25) is 0 Å². The Hall–Kier alpha value is -1.54. The number of amides is 1. The lowest BCUT2D eigenvalue weighted by Crippen LogP contribution is -2.40. The number of ether oxygens (including phenoxy) is 1. The molecule has 1 amide bonds. The Morgan fingerprint density at radius 1 is 1.27 bits per heavy atom. The summed E-state index contributed by atoms with van der Waals surface area (Å²) in [5, 5.41) is 2.45. The summed E-state index contributed by atoms with van der Waals surface area (Å²) in [4.78, 5) is 13.5. The Labute approximate surface area is 162 Å². The summed E-state index contributed by atoms with van der Waals surface area (Å²) in [6, 6.07) is 12.0. The fourth-order valence-electron chi connectivity index (χ4n) is 2.23. The van der Waals surface area contributed by atoms with Gasteiger partial charge in [-0.2, -0.15) is 0 Å². The molecule has 0 fully saturated rings. The molecule has 2 aromatic rings. The van der Waals surface area contributed by atoms with E-state index < -0.39 is 17.5 Å². The van der Waals surface area contributed by atoms with Gasteiger partial charge in [0.15, 0.2) is 0 Å². The number of nitrogens with one attached hydrogen (secondary N) is 2. The molecule has 26 heavy (non-hydrogen) atoms. The largest absolute Gasteiger partial charge is 0.598 e. The van der Waals surface area contributed by atoms with E-state index in [0.29, 0.717) is 0 Å². The van der Waals surface area contributed by atoms with E-state index in [0.717, 1.165) is 20.9 Å². The average Bonchev–Trinajstić information content (AvgIpc) is 3.09. The predicted molar refractivity (Wildman–Crippen MR) is 108 cm³/mol. The first-order valence-electron chi connectivity index (χ1n) is 8.43. The zero-order valence-electron chi connectivity index (χ0n) is 15.8. The van der Waals surface area contributed by atoms with Crippen LogP contribution in [0.4, 0.5) is 4.79 Å². The van der Waals surface area contributed by atoms with Gasteiger partial charge in [0.05, 0.1) is 6.04 Å². The van der Waals surface area contributed by atoms with Crippen molar-refractivity contribution in [1.82, 2.24) is 10.0 Å². The van der Waals surface area contributed by atoms with E-state index in [9.17, 15) is 9.35 Å². The number of thiophene rings is 1. The van der Waals surface area contributed by atoms with Crippen molar-refractivity contribution >= 4 is 28.8 Å². The maximum Gasteiger partial charge on any atom is 0.407 e. The van der Waals surface area contributed by atoms with Crippen molar-refractivity contribution in [2.24, 2.45) is 0 Å². The van der Waals surface area contributed by atoms with Crippen LogP contribution in [0, 0.1) is 0 Å². The van der Waals surface area contributed by atoms with E-state index in [2.05, 4.69) is 16.1 Å². The molecule has 0 bridgehead atoms. The van der Waals surface area contributed by atoms with Crippen LogP contribution < -0.4 is 10.0 Å². The van der Waals surface area contributed by atoms with Gasteiger partial charge in [-0.05, 0) is 51.0 Å². The van der Waals surface area contributed by atoms with Crippen LogP contribution in [0.5, 0.6) is 0 Å². The van der Waals surface area contributed by atoms with Crippen LogP contribution in [-0.2, 0) is 22.7 Å². The van der Waals surface area contributed by atoms with Gasteiger partial charge in [-0.3, -0.25) is 0 Å². The van der Waals surface area contributed by atoms with Crippen LogP contribution in [0.1, 0.15) is 44.2 Å². The van der Waals surface area contributed by atoms with Gasteiger partial charge in [0, 0.05) is 28.2 Å². The van der Waals surface area contributed by atoms with Gasteiger partial charge in [0.1, 0.15) is 11.4 Å². The molecule has 5 nitrogen and oxygen atoms in total. The molecule has 0 spiro atoms. The van der Waals surface area contributed by atoms with Crippen LogP contribution in [0.3, 0.4) is 0 Å². The molecule has 0 aliphatic carbocycles. The van der Waals surface area contributed by atoms with Crippen molar-refractivity contribution in [3.05, 3.63) is 46.8 Å². The maximum absolute atomic E-state index is 12.3. The monoisotopic (exact) mass is 394 g/mol. The minimum Gasteiger partial charge on any atom is -0.598 e. The first-order chi connectivity index (χ1) is 12.2. The third kappa shape index (κ3) is 5.48. The quantitative estimate of drug-likeness (QED) is 0.713. The van der Waals surface area contributed by atoms with Gasteiger partial charge >= 0.3 is 6.09 Å². The zero-order valence-corrected chi connectivity index (χ0v) is 17.4. The fraction of sp³-hybridized carbons (Fsp3) is 0.421. The Kier molecular flexibility index (Phi) is 7.11. The number of hydrogen-bond donors (Lipinski definition) is 2. The lowest BCUT2D eigenvalue weighted by atomic mass is 10.1. The lowest BCUT2D eigenvalue weighted by molar-refractivity contribution is 0.142. The maximum atomic E-state index is 12.3. The average molecular weight is 395 g/mol. The van der Waals surface area contributed by atoms with Crippen LogP contribution in [-0.4, -0.2) is 22.4 Å². The lowest BCUT2D eigenvalue weighted by Gasteiger charge is -2.26. The summed E-state index contributed by atoms with van der Waals surface area (Å²) in [6.07, 6.45) is -0.450. The predicted octanol–water partition coefficient (Wildman–Crippen LogP) is 4.38. The molecule has 1 unspecified atom stereocenters. The van der Waals surface area contributed by atoms with Gasteiger partial charge in [-0.25, -0.2) is 4.79 Å². The summed E-state index contributed by atoms with van der Waals surface area (Å²) < 4.78 is 20.4. The fourth-order valence-corrected chi connectivity index (χ4v) is 4.17. The summed E-state index contributed by atoms with van der Waals surface area (Å²) in [5.74, 6) is 0. The Morgan fingerprint density at radius 2 is 1.96 bits per heavy atom. The second-order valence-corrected chi connectivity index (χ2v) is 10.0. The summed E-state index contributed by atoms with van der Waals surface area (Å²) in [5.41, 5.74) is 1.99. The van der Waals surface area contributed by atoms with E-state index in [1.807, 2.05) is 58.0 Å². The van der Waals surface area contributed by atoms with Crippen molar-refractivity contribution in [3.63, 3.8) is 0 Å². The molecule has 1 aromatic heterocycles. The number of alkyl carbamates (subject to hydrolysis) is 1. The van der Waals surface area contributed by atoms with Crippen LogP contribution in [0.25, 0.3) is 10.4 Å².